The molecule has 146 valence electrons. The van der Waals surface area contributed by atoms with Crippen molar-refractivity contribution >= 4 is 27.5 Å². The van der Waals surface area contributed by atoms with Gasteiger partial charge in [-0.3, -0.25) is 4.79 Å². The first-order valence-corrected chi connectivity index (χ1v) is 10.7. The summed E-state index contributed by atoms with van der Waals surface area (Å²) in [4.78, 5) is 17.3. The predicted octanol–water partition coefficient (Wildman–Crippen LogP) is 4.74. The van der Waals surface area contributed by atoms with E-state index in [1.165, 1.54) is 6.07 Å². The molecule has 1 unspecified atom stereocenters. The molecule has 0 N–H and O–H groups in total. The molecular weight excluding hydrogens is 409 g/mol. The van der Waals surface area contributed by atoms with Crippen molar-refractivity contribution in [3.63, 3.8) is 0 Å². The van der Waals surface area contributed by atoms with E-state index in [1.807, 2.05) is 22.8 Å². The average Bonchev–Trinajstić information content (AvgIpc) is 2.69. The van der Waals surface area contributed by atoms with E-state index in [0.717, 1.165) is 49.5 Å². The van der Waals surface area contributed by atoms with Gasteiger partial charge in [0.05, 0.1) is 17.7 Å². The number of amides is 1. The number of anilines is 1. The van der Waals surface area contributed by atoms with Gasteiger partial charge in [-0.25, -0.2) is 4.39 Å². The standard InChI is InChI=1S/C21H27BrFN3O/c1-2-26(18-8-5-15(13-24)6-9-18)21(27)16-4-3-11-25(14-16)20-10-7-17(22)12-19(20)23/h7,10,12,15-16,18H,2-6,8-9,11,14H2,1H3. The van der Waals surface area contributed by atoms with Crippen LogP contribution in [0.5, 0.6) is 0 Å². The van der Waals surface area contributed by atoms with Crippen LogP contribution in [0.3, 0.4) is 0 Å². The van der Waals surface area contributed by atoms with Crippen LogP contribution in [-0.2, 0) is 4.79 Å². The van der Waals surface area contributed by atoms with Gasteiger partial charge in [-0.15, -0.1) is 0 Å². The molecule has 2 aliphatic rings. The molecule has 1 atom stereocenters. The van der Waals surface area contributed by atoms with Crippen molar-refractivity contribution in [2.24, 2.45) is 11.8 Å². The molecule has 6 heteroatoms. The summed E-state index contributed by atoms with van der Waals surface area (Å²) in [6.45, 7) is 4.08. The number of hydrogen-bond donors (Lipinski definition) is 0. The van der Waals surface area contributed by atoms with Gasteiger partial charge in [0, 0.05) is 36.1 Å². The van der Waals surface area contributed by atoms with Crippen molar-refractivity contribution in [1.82, 2.24) is 4.90 Å². The highest BCUT2D eigenvalue weighted by molar-refractivity contribution is 9.10. The Bertz CT molecular complexity index is 712. The van der Waals surface area contributed by atoms with Gasteiger partial charge >= 0.3 is 0 Å². The third-order valence-electron chi connectivity index (χ3n) is 5.96. The Kier molecular flexibility index (Phi) is 6.75. The molecule has 3 rings (SSSR count). The summed E-state index contributed by atoms with van der Waals surface area (Å²) in [6, 6.07) is 7.71. The molecule has 1 aromatic carbocycles. The average molecular weight is 436 g/mol. The Morgan fingerprint density at radius 1 is 1.33 bits per heavy atom. The molecule has 1 saturated carbocycles. The van der Waals surface area contributed by atoms with Crippen LogP contribution in [0.1, 0.15) is 45.4 Å². The minimum absolute atomic E-state index is 0.0876. The first-order valence-electron chi connectivity index (χ1n) is 9.93. The molecule has 4 nitrogen and oxygen atoms in total. The molecule has 0 aromatic heterocycles. The molecule has 1 aliphatic carbocycles. The highest BCUT2D eigenvalue weighted by atomic mass is 79.9. The first kappa shape index (κ1) is 20.1. The number of rotatable bonds is 4. The van der Waals surface area contributed by atoms with Gasteiger partial charge in [-0.2, -0.15) is 5.26 Å². The maximum atomic E-state index is 14.4. The fourth-order valence-electron chi connectivity index (χ4n) is 4.48. The Hall–Kier alpha value is -1.61. The third kappa shape index (κ3) is 4.63. The minimum atomic E-state index is -0.250. The van der Waals surface area contributed by atoms with Gasteiger partial charge in [0.1, 0.15) is 5.82 Å². The quantitative estimate of drug-likeness (QED) is 0.686. The summed E-state index contributed by atoms with van der Waals surface area (Å²) < 4.78 is 15.1. The molecule has 1 amide bonds. The second kappa shape index (κ2) is 9.05. The van der Waals surface area contributed by atoms with Gasteiger partial charge in [0.25, 0.3) is 0 Å². The van der Waals surface area contributed by atoms with E-state index in [9.17, 15) is 9.18 Å². The highest BCUT2D eigenvalue weighted by Gasteiger charge is 2.34. The summed E-state index contributed by atoms with van der Waals surface area (Å²) in [5.41, 5.74) is 0.577. The van der Waals surface area contributed by atoms with Crippen LogP contribution < -0.4 is 4.90 Å². The van der Waals surface area contributed by atoms with Crippen LogP contribution in [0.4, 0.5) is 10.1 Å². The Morgan fingerprint density at radius 2 is 2.07 bits per heavy atom. The molecule has 2 fully saturated rings. The van der Waals surface area contributed by atoms with E-state index in [0.29, 0.717) is 18.8 Å². The number of carbonyl (C=O) groups excluding carboxylic acids is 1. The van der Waals surface area contributed by atoms with E-state index in [2.05, 4.69) is 22.0 Å². The van der Waals surface area contributed by atoms with Gasteiger partial charge in [0.15, 0.2) is 0 Å². The second-order valence-corrected chi connectivity index (χ2v) is 8.56. The SMILES string of the molecule is CCN(C(=O)C1CCCN(c2ccc(Br)cc2F)C1)C1CCC(C#N)CC1. The Labute approximate surface area is 169 Å². The molecule has 1 aliphatic heterocycles. The van der Waals surface area contributed by atoms with E-state index < -0.39 is 0 Å². The summed E-state index contributed by atoms with van der Waals surface area (Å²) >= 11 is 3.30. The largest absolute Gasteiger partial charge is 0.368 e. The van der Waals surface area contributed by atoms with Crippen molar-refractivity contribution in [3.05, 3.63) is 28.5 Å². The molecule has 1 saturated heterocycles. The number of benzene rings is 1. The van der Waals surface area contributed by atoms with Crippen LogP contribution >= 0.6 is 15.9 Å². The molecule has 0 spiro atoms. The van der Waals surface area contributed by atoms with Gasteiger partial charge in [-0.05, 0) is 63.6 Å². The summed E-state index contributed by atoms with van der Waals surface area (Å²) in [5.74, 6) is -0.00387. The van der Waals surface area contributed by atoms with E-state index in [4.69, 9.17) is 5.26 Å². The lowest BCUT2D eigenvalue weighted by Gasteiger charge is -2.40. The van der Waals surface area contributed by atoms with Crippen LogP contribution in [0.2, 0.25) is 0 Å². The predicted molar refractivity (Wildman–Crippen MR) is 108 cm³/mol. The molecule has 1 heterocycles. The van der Waals surface area contributed by atoms with Crippen LogP contribution in [0.15, 0.2) is 22.7 Å². The van der Waals surface area contributed by atoms with Crippen molar-refractivity contribution in [3.8, 4) is 6.07 Å². The summed E-state index contributed by atoms with van der Waals surface area (Å²) in [6.07, 6.45) is 5.34. The summed E-state index contributed by atoms with van der Waals surface area (Å²) in [7, 11) is 0. The number of carbonyl (C=O) groups is 1. The maximum absolute atomic E-state index is 14.4. The van der Waals surface area contributed by atoms with E-state index in [1.54, 1.807) is 6.07 Å². The Morgan fingerprint density at radius 3 is 2.70 bits per heavy atom. The lowest BCUT2D eigenvalue weighted by Crippen LogP contribution is -2.49. The highest BCUT2D eigenvalue weighted by Crippen LogP contribution is 2.31. The minimum Gasteiger partial charge on any atom is -0.368 e. The Balaban J connectivity index is 1.67. The van der Waals surface area contributed by atoms with E-state index >= 15 is 0 Å². The van der Waals surface area contributed by atoms with Crippen molar-refractivity contribution in [1.29, 1.82) is 5.26 Å². The van der Waals surface area contributed by atoms with Crippen LogP contribution in [0, 0.1) is 29.0 Å². The lowest BCUT2D eigenvalue weighted by atomic mass is 9.85. The van der Waals surface area contributed by atoms with Gasteiger partial charge in [-0.1, -0.05) is 15.9 Å². The maximum Gasteiger partial charge on any atom is 0.227 e. The fourth-order valence-corrected chi connectivity index (χ4v) is 4.81. The lowest BCUT2D eigenvalue weighted by molar-refractivity contribution is -0.138. The van der Waals surface area contributed by atoms with Crippen molar-refractivity contribution < 1.29 is 9.18 Å². The second-order valence-electron chi connectivity index (χ2n) is 7.64. The zero-order chi connectivity index (χ0) is 19.4. The molecule has 1 aromatic rings. The third-order valence-corrected chi connectivity index (χ3v) is 6.46. The number of nitrogens with zero attached hydrogens (tertiary/aromatic N) is 3. The first-order chi connectivity index (χ1) is 13.0. The molecule has 0 radical (unpaired) electrons. The van der Waals surface area contributed by atoms with E-state index in [-0.39, 0.29) is 29.6 Å². The number of piperidine rings is 1. The number of hydrogen-bond acceptors (Lipinski definition) is 3. The zero-order valence-corrected chi connectivity index (χ0v) is 17.4. The van der Waals surface area contributed by atoms with Crippen LogP contribution in [0.25, 0.3) is 0 Å². The molecular formula is C21H27BrFN3O. The van der Waals surface area contributed by atoms with Crippen LogP contribution in [-0.4, -0.2) is 36.5 Å². The van der Waals surface area contributed by atoms with Gasteiger partial charge < -0.3 is 9.80 Å². The van der Waals surface area contributed by atoms with Gasteiger partial charge in [0.2, 0.25) is 5.91 Å². The summed E-state index contributed by atoms with van der Waals surface area (Å²) in [5, 5.41) is 9.09. The molecule has 0 bridgehead atoms. The fraction of sp³-hybridized carbons (Fsp3) is 0.619. The number of nitriles is 1. The van der Waals surface area contributed by atoms with Crippen molar-refractivity contribution in [2.75, 3.05) is 24.5 Å². The normalized spacial score (nSPS) is 25.7. The zero-order valence-electron chi connectivity index (χ0n) is 15.8. The topological polar surface area (TPSA) is 47.3 Å². The smallest absolute Gasteiger partial charge is 0.227 e. The molecule has 27 heavy (non-hydrogen) atoms. The number of halogens is 2. The van der Waals surface area contributed by atoms with Crippen molar-refractivity contribution in [2.45, 2.75) is 51.5 Å². The monoisotopic (exact) mass is 435 g/mol.